The number of likely N-dealkylation sites (tertiary alicyclic amines) is 1. The van der Waals surface area contributed by atoms with Gasteiger partial charge in [0.05, 0.1) is 10.6 Å². The molecular formula is C20H22N4O4S2. The summed E-state index contributed by atoms with van der Waals surface area (Å²) in [5.74, 6) is -0.154. The van der Waals surface area contributed by atoms with Crippen molar-refractivity contribution < 1.29 is 17.7 Å². The molecule has 3 heterocycles. The Morgan fingerprint density at radius 1 is 1.17 bits per heavy atom. The van der Waals surface area contributed by atoms with Crippen LogP contribution in [0.1, 0.15) is 39.5 Å². The van der Waals surface area contributed by atoms with E-state index < -0.39 is 10.0 Å². The summed E-state index contributed by atoms with van der Waals surface area (Å²) in [5, 5.41) is 3.89. The van der Waals surface area contributed by atoms with Gasteiger partial charge in [-0.2, -0.15) is 4.98 Å². The molecule has 0 bridgehead atoms. The molecule has 0 aliphatic carbocycles. The number of nitrogens with one attached hydrogen (secondary N) is 1. The highest BCUT2D eigenvalue weighted by Gasteiger charge is 2.27. The summed E-state index contributed by atoms with van der Waals surface area (Å²) in [6.07, 6.45) is 1.93. The second-order valence-electron chi connectivity index (χ2n) is 7.38. The second-order valence-corrected chi connectivity index (χ2v) is 10.3. The maximum absolute atomic E-state index is 13.0. The first kappa shape index (κ1) is 20.5. The van der Waals surface area contributed by atoms with Crippen LogP contribution in [0.3, 0.4) is 0 Å². The Balaban J connectivity index is 1.60. The monoisotopic (exact) mass is 446 g/mol. The molecule has 8 nitrogen and oxygen atoms in total. The van der Waals surface area contributed by atoms with Gasteiger partial charge in [0.2, 0.25) is 5.82 Å². The minimum Gasteiger partial charge on any atom is -0.334 e. The molecule has 30 heavy (non-hydrogen) atoms. The molecule has 0 radical (unpaired) electrons. The molecule has 0 unspecified atom stereocenters. The van der Waals surface area contributed by atoms with Crippen LogP contribution >= 0.6 is 11.3 Å². The van der Waals surface area contributed by atoms with Crippen LogP contribution in [0.2, 0.25) is 0 Å². The molecule has 10 heteroatoms. The molecule has 0 atom stereocenters. The highest BCUT2D eigenvalue weighted by atomic mass is 32.2. The molecule has 4 rings (SSSR count). The zero-order chi connectivity index (χ0) is 21.5. The number of benzene rings is 1. The third-order valence-corrected chi connectivity index (χ3v) is 7.69. The molecular weight excluding hydrogens is 424 g/mol. The van der Waals surface area contributed by atoms with E-state index in [0.29, 0.717) is 28.5 Å². The minimum atomic E-state index is -3.79. The van der Waals surface area contributed by atoms with Gasteiger partial charge in [-0.1, -0.05) is 17.3 Å². The lowest BCUT2D eigenvalue weighted by molar-refractivity contribution is 0.0743. The van der Waals surface area contributed by atoms with Crippen LogP contribution < -0.4 is 4.72 Å². The van der Waals surface area contributed by atoms with E-state index in [9.17, 15) is 13.2 Å². The van der Waals surface area contributed by atoms with E-state index >= 15 is 0 Å². The number of sulfonamides is 1. The van der Waals surface area contributed by atoms with Gasteiger partial charge in [-0.05, 0) is 56.9 Å². The summed E-state index contributed by atoms with van der Waals surface area (Å²) in [7, 11) is -3.79. The third kappa shape index (κ3) is 3.97. The van der Waals surface area contributed by atoms with Crippen molar-refractivity contribution >= 4 is 33.0 Å². The van der Waals surface area contributed by atoms with Crippen molar-refractivity contribution in [3.05, 3.63) is 46.2 Å². The minimum absolute atomic E-state index is 0.0733. The second kappa shape index (κ2) is 7.84. The molecule has 2 aromatic heterocycles. The Bertz CT molecular complexity index is 1210. The maximum atomic E-state index is 13.0. The molecule has 3 aromatic rings. The van der Waals surface area contributed by atoms with Gasteiger partial charge >= 0.3 is 11.8 Å². The Kier molecular flexibility index (Phi) is 5.37. The van der Waals surface area contributed by atoms with Crippen LogP contribution in [0.25, 0.3) is 10.7 Å². The normalized spacial score (nSPS) is 14.3. The maximum Gasteiger partial charge on any atom is 0.316 e. The van der Waals surface area contributed by atoms with Gasteiger partial charge in [0.1, 0.15) is 4.90 Å². The fourth-order valence-electron chi connectivity index (χ4n) is 3.35. The van der Waals surface area contributed by atoms with Gasteiger partial charge in [0, 0.05) is 18.0 Å². The van der Waals surface area contributed by atoms with Gasteiger partial charge in [-0.3, -0.25) is 9.52 Å². The average molecular weight is 447 g/mol. The van der Waals surface area contributed by atoms with Crippen molar-refractivity contribution in [2.75, 3.05) is 17.8 Å². The van der Waals surface area contributed by atoms with Gasteiger partial charge in [0.15, 0.2) is 0 Å². The molecule has 158 valence electrons. The molecule has 1 N–H and O–H groups in total. The zero-order valence-corrected chi connectivity index (χ0v) is 18.6. The predicted octanol–water partition coefficient (Wildman–Crippen LogP) is 3.76. The largest absolute Gasteiger partial charge is 0.334 e. The molecule has 1 amide bonds. The first-order valence-corrected chi connectivity index (χ1v) is 11.9. The summed E-state index contributed by atoms with van der Waals surface area (Å²) in [4.78, 5) is 19.6. The van der Waals surface area contributed by atoms with Gasteiger partial charge < -0.3 is 9.42 Å². The molecule has 1 aromatic carbocycles. The number of carbonyl (C=O) groups is 1. The highest BCUT2D eigenvalue weighted by molar-refractivity contribution is 7.93. The van der Waals surface area contributed by atoms with Crippen molar-refractivity contribution in [2.24, 2.45) is 0 Å². The van der Waals surface area contributed by atoms with E-state index in [2.05, 4.69) is 14.9 Å². The van der Waals surface area contributed by atoms with Crippen LogP contribution in [0.15, 0.2) is 33.7 Å². The Morgan fingerprint density at radius 3 is 2.63 bits per heavy atom. The molecule has 1 fully saturated rings. The lowest BCUT2D eigenvalue weighted by Crippen LogP contribution is -2.27. The number of nitrogens with zero attached hydrogens (tertiary/aromatic N) is 3. The number of hydrogen-bond acceptors (Lipinski definition) is 7. The first-order valence-electron chi connectivity index (χ1n) is 9.58. The zero-order valence-electron chi connectivity index (χ0n) is 16.9. The number of hydrogen-bond donors (Lipinski definition) is 1. The molecule has 1 aliphatic rings. The lowest BCUT2D eigenvalue weighted by Gasteiger charge is -2.11. The summed E-state index contributed by atoms with van der Waals surface area (Å²) in [6.45, 7) is 6.84. The fraction of sp³-hybridized carbons (Fsp3) is 0.350. The summed E-state index contributed by atoms with van der Waals surface area (Å²) < 4.78 is 33.8. The van der Waals surface area contributed by atoms with Gasteiger partial charge in [0.25, 0.3) is 10.0 Å². The highest BCUT2D eigenvalue weighted by Crippen LogP contribution is 2.33. The number of aromatic nitrogens is 2. The number of carbonyl (C=O) groups excluding carboxylic acids is 1. The van der Waals surface area contributed by atoms with Crippen LogP contribution in [0.5, 0.6) is 0 Å². The quantitative estimate of drug-likeness (QED) is 0.640. The van der Waals surface area contributed by atoms with E-state index in [1.807, 2.05) is 26.0 Å². The standard InChI is InChI=1S/C20H22N4O4S2/c1-12-6-7-13(2)15(10-12)23-30(26,27)17-11-16(29-14(17)3)18-21-19(28-22-18)20(25)24-8-4-5-9-24/h6-7,10-11,23H,4-5,8-9H2,1-3H3. The number of thiophene rings is 1. The van der Waals surface area contributed by atoms with Crippen molar-refractivity contribution in [3.63, 3.8) is 0 Å². The predicted molar refractivity (Wildman–Crippen MR) is 114 cm³/mol. The number of amides is 1. The van der Waals surface area contributed by atoms with E-state index in [1.54, 1.807) is 17.9 Å². The van der Waals surface area contributed by atoms with E-state index in [1.165, 1.54) is 17.4 Å². The SMILES string of the molecule is Cc1ccc(C)c(NS(=O)(=O)c2cc(-c3noc(C(=O)N4CCCC4)n3)sc2C)c1. The van der Waals surface area contributed by atoms with E-state index in [0.717, 1.165) is 24.0 Å². The lowest BCUT2D eigenvalue weighted by atomic mass is 10.1. The van der Waals surface area contributed by atoms with E-state index in [4.69, 9.17) is 4.52 Å². The Morgan fingerprint density at radius 2 is 1.90 bits per heavy atom. The van der Waals surface area contributed by atoms with Crippen LogP contribution in [0.4, 0.5) is 5.69 Å². The Labute approximate surface area is 179 Å². The smallest absolute Gasteiger partial charge is 0.316 e. The number of rotatable bonds is 5. The van der Waals surface area contributed by atoms with Gasteiger partial charge in [-0.15, -0.1) is 11.3 Å². The van der Waals surface area contributed by atoms with Crippen molar-refractivity contribution in [3.8, 4) is 10.7 Å². The summed E-state index contributed by atoms with van der Waals surface area (Å²) in [5.41, 5.74) is 2.34. The van der Waals surface area contributed by atoms with Crippen molar-refractivity contribution in [2.45, 2.75) is 38.5 Å². The first-order chi connectivity index (χ1) is 14.2. The summed E-state index contributed by atoms with van der Waals surface area (Å²) >= 11 is 1.24. The third-order valence-electron chi connectivity index (χ3n) is 5.02. The van der Waals surface area contributed by atoms with Gasteiger partial charge in [-0.25, -0.2) is 8.42 Å². The topological polar surface area (TPSA) is 105 Å². The fourth-order valence-corrected chi connectivity index (χ4v) is 5.99. The van der Waals surface area contributed by atoms with Crippen molar-refractivity contribution in [1.29, 1.82) is 0 Å². The van der Waals surface area contributed by atoms with Crippen LogP contribution in [0, 0.1) is 20.8 Å². The molecule has 1 saturated heterocycles. The molecule has 1 aliphatic heterocycles. The molecule has 0 saturated carbocycles. The Hall–Kier alpha value is -2.72. The number of anilines is 1. The van der Waals surface area contributed by atoms with Crippen LogP contribution in [-0.4, -0.2) is 42.5 Å². The van der Waals surface area contributed by atoms with Crippen LogP contribution in [-0.2, 0) is 10.0 Å². The van der Waals surface area contributed by atoms with Crippen molar-refractivity contribution in [1.82, 2.24) is 15.0 Å². The number of aryl methyl sites for hydroxylation is 3. The van der Waals surface area contributed by atoms with E-state index in [-0.39, 0.29) is 22.5 Å². The average Bonchev–Trinajstić information content (AvgIpc) is 3.43. The molecule has 0 spiro atoms. The summed E-state index contributed by atoms with van der Waals surface area (Å²) in [6, 6.07) is 7.11.